The minimum Gasteiger partial charge on any atom is -0.493 e. The van der Waals surface area contributed by atoms with Crippen LogP contribution in [0.5, 0.6) is 11.5 Å². The molecule has 0 unspecified atom stereocenters. The summed E-state index contributed by atoms with van der Waals surface area (Å²) in [4.78, 5) is 25.1. The molecule has 6 nitrogen and oxygen atoms in total. The number of carbonyl (C=O) groups is 2. The van der Waals surface area contributed by atoms with Gasteiger partial charge in [-0.25, -0.2) is 0 Å². The molecule has 0 spiro atoms. The van der Waals surface area contributed by atoms with E-state index in [0.717, 1.165) is 12.8 Å². The third kappa shape index (κ3) is 3.69. The fourth-order valence-electron chi connectivity index (χ4n) is 2.73. The van der Waals surface area contributed by atoms with Crippen molar-refractivity contribution in [1.29, 1.82) is 0 Å². The fourth-order valence-corrected chi connectivity index (χ4v) is 2.73. The van der Waals surface area contributed by atoms with Crippen LogP contribution in [0.3, 0.4) is 0 Å². The van der Waals surface area contributed by atoms with E-state index in [1.165, 1.54) is 20.0 Å². The lowest BCUT2D eigenvalue weighted by Crippen LogP contribution is -2.35. The molecule has 0 saturated heterocycles. The molecule has 0 aromatic heterocycles. The van der Waals surface area contributed by atoms with Gasteiger partial charge in [0.1, 0.15) is 0 Å². The van der Waals surface area contributed by atoms with Gasteiger partial charge in [0, 0.05) is 18.7 Å². The first-order valence-electron chi connectivity index (χ1n) is 7.39. The van der Waals surface area contributed by atoms with Gasteiger partial charge in [-0.3, -0.25) is 9.59 Å². The van der Waals surface area contributed by atoms with Gasteiger partial charge in [0.05, 0.1) is 7.11 Å². The number of methoxy groups -OCH3 is 1. The average Bonchev–Trinajstić information content (AvgIpc) is 3.05. The zero-order chi connectivity index (χ0) is 16.1. The van der Waals surface area contributed by atoms with Gasteiger partial charge in [0.15, 0.2) is 18.1 Å². The van der Waals surface area contributed by atoms with Gasteiger partial charge in [-0.05, 0) is 31.0 Å². The summed E-state index contributed by atoms with van der Waals surface area (Å²) in [6, 6.07) is 5.23. The number of rotatable bonds is 6. The van der Waals surface area contributed by atoms with Crippen LogP contribution in [0.25, 0.3) is 0 Å². The number of ether oxygens (including phenoxy) is 2. The van der Waals surface area contributed by atoms with E-state index in [0.29, 0.717) is 23.1 Å². The Balaban J connectivity index is 2.13. The van der Waals surface area contributed by atoms with Crippen LogP contribution >= 0.6 is 0 Å². The van der Waals surface area contributed by atoms with Crippen LogP contribution < -0.4 is 15.2 Å². The van der Waals surface area contributed by atoms with Crippen molar-refractivity contribution < 1.29 is 19.1 Å². The Morgan fingerprint density at radius 1 is 1.27 bits per heavy atom. The highest BCUT2D eigenvalue weighted by Gasteiger charge is 2.24. The summed E-state index contributed by atoms with van der Waals surface area (Å²) in [5.74, 6) is 0.197. The Morgan fingerprint density at radius 3 is 2.55 bits per heavy atom. The molecular weight excluding hydrogens is 284 g/mol. The van der Waals surface area contributed by atoms with E-state index in [4.69, 9.17) is 15.2 Å². The van der Waals surface area contributed by atoms with E-state index in [1.807, 2.05) is 7.05 Å². The zero-order valence-electron chi connectivity index (χ0n) is 13.0. The summed E-state index contributed by atoms with van der Waals surface area (Å²) in [5, 5.41) is 0. The van der Waals surface area contributed by atoms with Crippen LogP contribution in [0.1, 0.15) is 36.0 Å². The Bertz CT molecular complexity index is 553. The van der Waals surface area contributed by atoms with Gasteiger partial charge in [0.2, 0.25) is 0 Å². The highest BCUT2D eigenvalue weighted by atomic mass is 16.5. The third-order valence-corrected chi connectivity index (χ3v) is 3.97. The lowest BCUT2D eigenvalue weighted by atomic mass is 10.1. The second-order valence-corrected chi connectivity index (χ2v) is 5.47. The van der Waals surface area contributed by atoms with Gasteiger partial charge < -0.3 is 20.1 Å². The molecule has 2 amide bonds. The Morgan fingerprint density at radius 2 is 1.95 bits per heavy atom. The van der Waals surface area contributed by atoms with Crippen LogP contribution in [-0.2, 0) is 4.79 Å². The van der Waals surface area contributed by atoms with Crippen LogP contribution in [0.4, 0.5) is 0 Å². The van der Waals surface area contributed by atoms with Gasteiger partial charge in [-0.1, -0.05) is 12.8 Å². The van der Waals surface area contributed by atoms with Crippen molar-refractivity contribution in [2.75, 3.05) is 20.8 Å². The molecule has 0 bridgehead atoms. The summed E-state index contributed by atoms with van der Waals surface area (Å²) in [6.45, 7) is -0.231. The first-order chi connectivity index (χ1) is 10.5. The lowest BCUT2D eigenvalue weighted by Gasteiger charge is -2.24. The molecular formula is C16H22N2O4. The minimum absolute atomic E-state index is 0.0355. The minimum atomic E-state index is -0.567. The molecule has 2 N–H and O–H groups in total. The molecule has 1 fully saturated rings. The first-order valence-corrected chi connectivity index (χ1v) is 7.39. The molecule has 0 atom stereocenters. The van der Waals surface area contributed by atoms with Crippen LogP contribution in [0.2, 0.25) is 0 Å². The Hall–Kier alpha value is -2.24. The molecule has 22 heavy (non-hydrogen) atoms. The quantitative estimate of drug-likeness (QED) is 0.865. The van der Waals surface area contributed by atoms with Crippen LogP contribution in [0.15, 0.2) is 18.2 Å². The molecule has 1 aliphatic rings. The highest BCUT2D eigenvalue weighted by Crippen LogP contribution is 2.30. The first kappa shape index (κ1) is 16.1. The molecule has 1 saturated carbocycles. The number of nitrogens with two attached hydrogens (primary N) is 1. The summed E-state index contributed by atoms with van der Waals surface area (Å²) in [7, 11) is 3.32. The molecule has 0 heterocycles. The van der Waals surface area contributed by atoms with Crippen molar-refractivity contribution in [2.45, 2.75) is 31.7 Å². The molecule has 6 heteroatoms. The van der Waals surface area contributed by atoms with E-state index in [-0.39, 0.29) is 12.5 Å². The second kappa shape index (κ2) is 7.15. The topological polar surface area (TPSA) is 81.9 Å². The smallest absolute Gasteiger partial charge is 0.255 e. The maximum Gasteiger partial charge on any atom is 0.255 e. The molecule has 1 aromatic carbocycles. The number of hydrogen-bond donors (Lipinski definition) is 1. The molecule has 1 aromatic rings. The van der Waals surface area contributed by atoms with Crippen molar-refractivity contribution in [2.24, 2.45) is 5.73 Å². The van der Waals surface area contributed by atoms with Crippen LogP contribution in [-0.4, -0.2) is 43.5 Å². The highest BCUT2D eigenvalue weighted by molar-refractivity contribution is 5.95. The van der Waals surface area contributed by atoms with Crippen molar-refractivity contribution in [3.05, 3.63) is 23.8 Å². The van der Waals surface area contributed by atoms with E-state index in [9.17, 15) is 9.59 Å². The molecule has 120 valence electrons. The fraction of sp³-hybridized carbons (Fsp3) is 0.500. The van der Waals surface area contributed by atoms with Crippen molar-refractivity contribution >= 4 is 11.8 Å². The normalized spacial score (nSPS) is 14.6. The predicted octanol–water partition coefficient (Wildman–Crippen LogP) is 1.57. The summed E-state index contributed by atoms with van der Waals surface area (Å²) in [6.07, 6.45) is 4.45. The van der Waals surface area contributed by atoms with Crippen molar-refractivity contribution in [3.8, 4) is 11.5 Å². The summed E-state index contributed by atoms with van der Waals surface area (Å²) >= 11 is 0. The maximum absolute atomic E-state index is 12.5. The summed E-state index contributed by atoms with van der Waals surface area (Å²) in [5.41, 5.74) is 5.59. The third-order valence-electron chi connectivity index (χ3n) is 3.97. The number of benzene rings is 1. The Kier molecular flexibility index (Phi) is 5.25. The maximum atomic E-state index is 12.5. The predicted molar refractivity (Wildman–Crippen MR) is 82.0 cm³/mol. The molecule has 1 aliphatic carbocycles. The van der Waals surface area contributed by atoms with Crippen molar-refractivity contribution in [1.82, 2.24) is 4.90 Å². The monoisotopic (exact) mass is 306 g/mol. The number of hydrogen-bond acceptors (Lipinski definition) is 4. The van der Waals surface area contributed by atoms with Crippen LogP contribution in [0, 0.1) is 0 Å². The average molecular weight is 306 g/mol. The molecule has 2 rings (SSSR count). The number of amides is 2. The number of nitrogens with zero attached hydrogens (tertiary/aromatic N) is 1. The van der Waals surface area contributed by atoms with Gasteiger partial charge in [-0.2, -0.15) is 0 Å². The van der Waals surface area contributed by atoms with Gasteiger partial charge in [0.25, 0.3) is 11.8 Å². The van der Waals surface area contributed by atoms with E-state index in [1.54, 1.807) is 23.1 Å². The molecule has 0 aliphatic heterocycles. The van der Waals surface area contributed by atoms with Gasteiger partial charge >= 0.3 is 0 Å². The largest absolute Gasteiger partial charge is 0.493 e. The zero-order valence-corrected chi connectivity index (χ0v) is 13.0. The lowest BCUT2D eigenvalue weighted by molar-refractivity contribution is -0.119. The van der Waals surface area contributed by atoms with E-state index >= 15 is 0 Å². The van der Waals surface area contributed by atoms with Gasteiger partial charge in [-0.15, -0.1) is 0 Å². The Labute approximate surface area is 130 Å². The standard InChI is InChI=1S/C16H22N2O4/c1-18(12-5-3-4-6-12)16(20)11-7-8-13(14(9-11)21-2)22-10-15(17)19/h7-9,12H,3-6,10H2,1-2H3,(H2,17,19). The SMILES string of the molecule is COc1cc(C(=O)N(C)C2CCCC2)ccc1OCC(N)=O. The van der Waals surface area contributed by atoms with E-state index in [2.05, 4.69) is 0 Å². The van der Waals surface area contributed by atoms with E-state index < -0.39 is 5.91 Å². The number of primary amides is 1. The molecule has 0 radical (unpaired) electrons. The van der Waals surface area contributed by atoms with Crippen molar-refractivity contribution in [3.63, 3.8) is 0 Å². The summed E-state index contributed by atoms with van der Waals surface area (Å²) < 4.78 is 10.5. The second-order valence-electron chi connectivity index (χ2n) is 5.47. The number of carbonyl (C=O) groups excluding carboxylic acids is 2.